The van der Waals surface area contributed by atoms with Crippen LogP contribution in [0.1, 0.15) is 50.0 Å². The first-order valence-corrected chi connectivity index (χ1v) is 16.4. The van der Waals surface area contributed by atoms with Crippen LogP contribution in [-0.4, -0.2) is 33.0 Å². The Morgan fingerprint density at radius 2 is 1.38 bits per heavy atom. The molecule has 0 radical (unpaired) electrons. The predicted molar refractivity (Wildman–Crippen MR) is 160 cm³/mol. The number of nitrogens with one attached hydrogen (secondary N) is 1. The number of carbonyl (C=O) groups is 2. The number of hydrogen-bond acceptors (Lipinski definition) is 5. The van der Waals surface area contributed by atoms with E-state index < -0.39 is 32.5 Å². The van der Waals surface area contributed by atoms with E-state index in [-0.39, 0.29) is 11.6 Å². The first-order chi connectivity index (χ1) is 19.1. The van der Waals surface area contributed by atoms with Crippen molar-refractivity contribution in [2.75, 3.05) is 6.61 Å². The third kappa shape index (κ3) is 9.40. The topological polar surface area (TPSA) is 73.9 Å². The van der Waals surface area contributed by atoms with Crippen LogP contribution in [0, 0.1) is 11.8 Å². The molecule has 0 aliphatic carbocycles. The van der Waals surface area contributed by atoms with Gasteiger partial charge in [0.25, 0.3) is 0 Å². The molecule has 0 spiro atoms. The minimum Gasteiger partial charge on any atom is -0.450 e. The Kier molecular flexibility index (Phi) is 11.1. The lowest BCUT2D eigenvalue weighted by Crippen LogP contribution is -2.42. The Morgan fingerprint density at radius 1 is 0.850 bits per heavy atom. The Labute approximate surface area is 239 Å². The lowest BCUT2D eigenvalue weighted by molar-refractivity contribution is -0.148. The van der Waals surface area contributed by atoms with Gasteiger partial charge in [-0.25, -0.2) is 9.59 Å². The molecule has 0 heterocycles. The van der Waals surface area contributed by atoms with Gasteiger partial charge in [0.2, 0.25) is 0 Å². The number of carbonyl (C=O) groups excluding carboxylic acids is 2. The molecule has 40 heavy (non-hydrogen) atoms. The number of amides is 1. The molecule has 1 amide bonds. The average Bonchev–Trinajstić information content (AvgIpc) is 2.94. The van der Waals surface area contributed by atoms with Crippen LogP contribution in [0.4, 0.5) is 4.79 Å². The first kappa shape index (κ1) is 30.7. The molecule has 210 valence electrons. The van der Waals surface area contributed by atoms with E-state index in [1.807, 2.05) is 91.0 Å². The second-order valence-corrected chi connectivity index (χ2v) is 15.8. The highest BCUT2D eigenvalue weighted by molar-refractivity contribution is 6.74. The van der Waals surface area contributed by atoms with Crippen LogP contribution in [0.15, 0.2) is 91.0 Å². The molecule has 0 aliphatic rings. The van der Waals surface area contributed by atoms with Crippen molar-refractivity contribution in [3.05, 3.63) is 108 Å². The zero-order chi connectivity index (χ0) is 29.0. The van der Waals surface area contributed by atoms with Crippen molar-refractivity contribution in [1.29, 1.82) is 0 Å². The molecule has 1 atom stereocenters. The summed E-state index contributed by atoms with van der Waals surface area (Å²) in [7, 11) is -1.92. The third-order valence-electron chi connectivity index (χ3n) is 6.89. The molecule has 0 fully saturated rings. The maximum absolute atomic E-state index is 13.4. The Bertz CT molecular complexity index is 1240. The second-order valence-electron chi connectivity index (χ2n) is 11.0. The number of rotatable bonds is 10. The van der Waals surface area contributed by atoms with E-state index in [0.717, 1.165) is 16.7 Å². The number of alkyl carbamates (subject to hydrolysis) is 1. The summed E-state index contributed by atoms with van der Waals surface area (Å²) in [6.07, 6.45) is -1.01. The molecule has 7 heteroatoms. The number of ether oxygens (including phenoxy) is 2. The molecule has 3 rings (SSSR count). The molecule has 3 aromatic rings. The highest BCUT2D eigenvalue weighted by atomic mass is 28.4. The fraction of sp³-hybridized carbons (Fsp3) is 0.333. The lowest BCUT2D eigenvalue weighted by Gasteiger charge is -2.35. The van der Waals surface area contributed by atoms with Crippen LogP contribution < -0.4 is 5.32 Å². The van der Waals surface area contributed by atoms with Crippen LogP contribution in [0.5, 0.6) is 0 Å². The van der Waals surface area contributed by atoms with Gasteiger partial charge in [-0.15, -0.1) is 0 Å². The standard InChI is InChI=1S/C33H39NO5Si/c1-33(2,3)40(4,5)38-24-16-15-23-29(34-32(36)37-25-26-17-9-6-10-18-26)31(35)39-30(27-19-11-7-12-20-27)28-21-13-8-14-22-28/h6-14,17-22,29-30H,16,24-25H2,1-5H3,(H,34,36). The van der Waals surface area contributed by atoms with Gasteiger partial charge in [0.05, 0.1) is 0 Å². The maximum Gasteiger partial charge on any atom is 0.408 e. The SMILES string of the molecule is CC(C)(C)[Si](C)(C)OCCC#CC(NC(=O)OCc1ccccc1)C(=O)OC(c1ccccc1)c1ccccc1. The summed E-state index contributed by atoms with van der Waals surface area (Å²) in [5.74, 6) is 5.21. The Balaban J connectivity index is 1.75. The summed E-state index contributed by atoms with van der Waals surface area (Å²) in [5.41, 5.74) is 2.45. The minimum atomic E-state index is -1.92. The molecule has 0 aromatic heterocycles. The van der Waals surface area contributed by atoms with E-state index in [1.54, 1.807) is 0 Å². The lowest BCUT2D eigenvalue weighted by atomic mass is 10.0. The van der Waals surface area contributed by atoms with Crippen LogP contribution >= 0.6 is 0 Å². The molecule has 0 bridgehead atoms. The molecular weight excluding hydrogens is 518 g/mol. The van der Waals surface area contributed by atoms with Gasteiger partial charge in [-0.05, 0) is 34.8 Å². The summed E-state index contributed by atoms with van der Waals surface area (Å²) in [6, 6.07) is 27.0. The summed E-state index contributed by atoms with van der Waals surface area (Å²) in [5, 5.41) is 2.67. The van der Waals surface area contributed by atoms with Gasteiger partial charge in [-0.1, -0.05) is 124 Å². The van der Waals surface area contributed by atoms with Crippen LogP contribution in [0.3, 0.4) is 0 Å². The molecular formula is C33H39NO5Si. The normalized spacial score (nSPS) is 12.2. The van der Waals surface area contributed by atoms with Crippen molar-refractivity contribution in [2.45, 2.75) is 64.1 Å². The van der Waals surface area contributed by atoms with E-state index in [9.17, 15) is 9.59 Å². The van der Waals surface area contributed by atoms with Crippen molar-refractivity contribution in [3.8, 4) is 11.8 Å². The van der Waals surface area contributed by atoms with Gasteiger partial charge in [-0.2, -0.15) is 0 Å². The van der Waals surface area contributed by atoms with E-state index in [0.29, 0.717) is 13.0 Å². The first-order valence-electron chi connectivity index (χ1n) is 13.5. The zero-order valence-electron chi connectivity index (χ0n) is 24.0. The molecule has 3 aromatic carbocycles. The van der Waals surface area contributed by atoms with Gasteiger partial charge >= 0.3 is 12.1 Å². The summed E-state index contributed by atoms with van der Waals surface area (Å²) in [6.45, 7) is 11.4. The van der Waals surface area contributed by atoms with Crippen molar-refractivity contribution in [1.82, 2.24) is 5.32 Å². The fourth-order valence-corrected chi connectivity index (χ4v) is 4.60. The fourth-order valence-electron chi connectivity index (χ4n) is 3.55. The Morgan fingerprint density at radius 3 is 1.90 bits per heavy atom. The third-order valence-corrected chi connectivity index (χ3v) is 11.4. The van der Waals surface area contributed by atoms with E-state index in [1.165, 1.54) is 0 Å². The van der Waals surface area contributed by atoms with E-state index >= 15 is 0 Å². The Hall–Kier alpha value is -3.86. The van der Waals surface area contributed by atoms with Gasteiger partial charge < -0.3 is 13.9 Å². The molecule has 1 unspecified atom stereocenters. The second kappa shape index (κ2) is 14.5. The molecule has 0 aliphatic heterocycles. The average molecular weight is 558 g/mol. The van der Waals surface area contributed by atoms with E-state index in [2.05, 4.69) is 51.0 Å². The predicted octanol–water partition coefficient (Wildman–Crippen LogP) is 7.03. The number of hydrogen-bond donors (Lipinski definition) is 1. The van der Waals surface area contributed by atoms with Crippen molar-refractivity contribution < 1.29 is 23.5 Å². The zero-order valence-corrected chi connectivity index (χ0v) is 25.0. The smallest absolute Gasteiger partial charge is 0.408 e. The summed E-state index contributed by atoms with van der Waals surface area (Å²) < 4.78 is 17.5. The van der Waals surface area contributed by atoms with Crippen molar-refractivity contribution >= 4 is 20.4 Å². The van der Waals surface area contributed by atoms with Gasteiger partial charge in [-0.3, -0.25) is 5.32 Å². The van der Waals surface area contributed by atoms with Gasteiger partial charge in [0.1, 0.15) is 6.61 Å². The van der Waals surface area contributed by atoms with Gasteiger partial charge in [0.15, 0.2) is 20.5 Å². The summed E-state index contributed by atoms with van der Waals surface area (Å²) >= 11 is 0. The number of benzene rings is 3. The highest BCUT2D eigenvalue weighted by Crippen LogP contribution is 2.36. The largest absolute Gasteiger partial charge is 0.450 e. The van der Waals surface area contributed by atoms with Crippen molar-refractivity contribution in [2.24, 2.45) is 0 Å². The van der Waals surface area contributed by atoms with Crippen LogP contribution in [-0.2, 0) is 25.3 Å². The van der Waals surface area contributed by atoms with E-state index in [4.69, 9.17) is 13.9 Å². The highest BCUT2D eigenvalue weighted by Gasteiger charge is 2.36. The van der Waals surface area contributed by atoms with Crippen molar-refractivity contribution in [3.63, 3.8) is 0 Å². The van der Waals surface area contributed by atoms with Crippen LogP contribution in [0.2, 0.25) is 18.1 Å². The minimum absolute atomic E-state index is 0.0683. The van der Waals surface area contributed by atoms with Gasteiger partial charge in [0, 0.05) is 13.0 Å². The maximum atomic E-state index is 13.4. The molecule has 0 saturated heterocycles. The quantitative estimate of drug-likeness (QED) is 0.125. The summed E-state index contributed by atoms with van der Waals surface area (Å²) in [4.78, 5) is 26.1. The number of esters is 1. The van der Waals surface area contributed by atoms with Crippen LogP contribution in [0.25, 0.3) is 0 Å². The molecule has 0 saturated carbocycles. The molecule has 1 N–H and O–H groups in total. The monoisotopic (exact) mass is 557 g/mol. The molecule has 6 nitrogen and oxygen atoms in total.